The van der Waals surface area contributed by atoms with Crippen molar-refractivity contribution in [2.45, 2.75) is 20.8 Å². The van der Waals surface area contributed by atoms with Gasteiger partial charge in [-0.15, -0.1) is 11.3 Å². The Morgan fingerprint density at radius 3 is 2.31 bits per heavy atom. The Bertz CT molecular complexity index is 1250. The lowest BCUT2D eigenvalue weighted by atomic mass is 10.0. The summed E-state index contributed by atoms with van der Waals surface area (Å²) in [5, 5.41) is 15.0. The van der Waals surface area contributed by atoms with E-state index in [-0.39, 0.29) is 17.7 Å². The first-order valence-corrected chi connectivity index (χ1v) is 12.5. The van der Waals surface area contributed by atoms with Gasteiger partial charge in [0.25, 0.3) is 5.91 Å². The summed E-state index contributed by atoms with van der Waals surface area (Å²) in [6, 6.07) is 16.7. The highest BCUT2D eigenvalue weighted by Gasteiger charge is 2.23. The van der Waals surface area contributed by atoms with Crippen molar-refractivity contribution in [2.75, 3.05) is 29.9 Å². The fourth-order valence-electron chi connectivity index (χ4n) is 3.55. The Morgan fingerprint density at radius 2 is 1.74 bits per heavy atom. The molecule has 0 aliphatic carbocycles. The number of hydrogen-bond donors (Lipinski definition) is 1. The minimum absolute atomic E-state index is 0.0724. The second kappa shape index (κ2) is 12.2. The maximum absolute atomic E-state index is 13.0. The van der Waals surface area contributed by atoms with E-state index >= 15 is 0 Å². The Hall–Kier alpha value is -3.60. The fourth-order valence-corrected chi connectivity index (χ4v) is 4.63. The van der Waals surface area contributed by atoms with Crippen LogP contribution in [0.5, 0.6) is 0 Å². The van der Waals surface area contributed by atoms with Crippen LogP contribution in [0.4, 0.5) is 10.7 Å². The first-order valence-electron chi connectivity index (χ1n) is 11.2. The van der Waals surface area contributed by atoms with Crippen molar-refractivity contribution in [1.29, 1.82) is 5.26 Å². The predicted molar refractivity (Wildman–Crippen MR) is 143 cm³/mol. The van der Waals surface area contributed by atoms with Gasteiger partial charge >= 0.3 is 5.97 Å². The van der Waals surface area contributed by atoms with E-state index in [4.69, 9.17) is 16.3 Å². The van der Waals surface area contributed by atoms with Gasteiger partial charge in [0.2, 0.25) is 0 Å². The number of nitrogens with one attached hydrogen (secondary N) is 1. The zero-order valence-electron chi connectivity index (χ0n) is 19.8. The Balaban J connectivity index is 1.89. The summed E-state index contributed by atoms with van der Waals surface area (Å²) in [5.41, 5.74) is 3.35. The van der Waals surface area contributed by atoms with E-state index < -0.39 is 11.9 Å². The average Bonchev–Trinajstić information content (AvgIpc) is 3.28. The minimum atomic E-state index is -0.602. The summed E-state index contributed by atoms with van der Waals surface area (Å²) in [5.74, 6) is -1.15. The lowest BCUT2D eigenvalue weighted by Gasteiger charge is -2.20. The van der Waals surface area contributed by atoms with Crippen LogP contribution >= 0.6 is 22.9 Å². The number of nitriles is 1. The number of amides is 1. The molecule has 2 aromatic carbocycles. The molecular weight excluding hydrogens is 482 g/mol. The lowest BCUT2D eigenvalue weighted by Crippen LogP contribution is -2.21. The van der Waals surface area contributed by atoms with Crippen molar-refractivity contribution in [3.05, 3.63) is 75.6 Å². The highest BCUT2D eigenvalue weighted by Crippen LogP contribution is 2.37. The number of benzene rings is 2. The molecule has 1 N–H and O–H groups in total. The molecule has 0 saturated heterocycles. The fraction of sp³-hybridized carbons (Fsp3) is 0.222. The van der Waals surface area contributed by atoms with E-state index in [0.29, 0.717) is 15.6 Å². The zero-order chi connectivity index (χ0) is 25.4. The van der Waals surface area contributed by atoms with Crippen molar-refractivity contribution in [1.82, 2.24) is 0 Å². The molecule has 180 valence electrons. The number of nitrogens with zero attached hydrogens (tertiary/aromatic N) is 2. The molecule has 35 heavy (non-hydrogen) atoms. The quantitative estimate of drug-likeness (QED) is 0.199. The third-order valence-electron chi connectivity index (χ3n) is 5.35. The summed E-state index contributed by atoms with van der Waals surface area (Å²) in [6.45, 7) is 7.85. The molecule has 0 unspecified atom stereocenters. The SMILES string of the molecule is CCOC(=O)c1c(-c2ccc(Cl)cc2)csc1NC(=O)/C(C#N)=C/c1ccc(N(CC)CC)cc1. The van der Waals surface area contributed by atoms with Crippen molar-refractivity contribution < 1.29 is 14.3 Å². The van der Waals surface area contributed by atoms with Crippen molar-refractivity contribution in [3.8, 4) is 17.2 Å². The van der Waals surface area contributed by atoms with E-state index in [1.165, 1.54) is 17.4 Å². The van der Waals surface area contributed by atoms with Crippen LogP contribution in [-0.4, -0.2) is 31.6 Å². The van der Waals surface area contributed by atoms with Crippen LogP contribution in [-0.2, 0) is 9.53 Å². The van der Waals surface area contributed by atoms with E-state index in [1.807, 2.05) is 30.3 Å². The van der Waals surface area contributed by atoms with Gasteiger partial charge in [0.05, 0.1) is 6.61 Å². The van der Waals surface area contributed by atoms with Crippen LogP contribution in [0.2, 0.25) is 5.02 Å². The second-order valence-electron chi connectivity index (χ2n) is 7.47. The predicted octanol–water partition coefficient (Wildman–Crippen LogP) is 6.64. The van der Waals surface area contributed by atoms with Crippen LogP contribution < -0.4 is 10.2 Å². The summed E-state index contributed by atoms with van der Waals surface area (Å²) in [7, 11) is 0. The van der Waals surface area contributed by atoms with E-state index in [0.717, 1.165) is 29.9 Å². The molecule has 0 bridgehead atoms. The Kier molecular flexibility index (Phi) is 9.07. The number of rotatable bonds is 9. The molecule has 1 amide bonds. The van der Waals surface area contributed by atoms with Gasteiger partial charge in [-0.3, -0.25) is 4.79 Å². The molecule has 3 aromatic rings. The van der Waals surface area contributed by atoms with Crippen LogP contribution in [0.15, 0.2) is 59.5 Å². The molecule has 1 heterocycles. The van der Waals surface area contributed by atoms with Gasteiger partial charge in [0.1, 0.15) is 22.2 Å². The smallest absolute Gasteiger partial charge is 0.341 e. The van der Waals surface area contributed by atoms with Gasteiger partial charge in [-0.25, -0.2) is 4.79 Å². The molecule has 0 saturated carbocycles. The van der Waals surface area contributed by atoms with E-state index in [9.17, 15) is 14.9 Å². The standard InChI is InChI=1S/C27H26ClN3O3S/c1-4-31(5-2)22-13-7-18(8-14-22)15-20(16-29)25(32)30-26-24(27(33)34-6-3)23(17-35-26)19-9-11-21(28)12-10-19/h7-15,17H,4-6H2,1-3H3,(H,30,32)/b20-15+. The molecule has 6 nitrogen and oxygen atoms in total. The average molecular weight is 508 g/mol. The molecule has 1 aromatic heterocycles. The number of carbonyl (C=O) groups is 2. The second-order valence-corrected chi connectivity index (χ2v) is 8.78. The van der Waals surface area contributed by atoms with E-state index in [2.05, 4.69) is 24.1 Å². The molecular formula is C27H26ClN3O3S. The normalized spacial score (nSPS) is 11.0. The molecule has 0 fully saturated rings. The van der Waals surface area contributed by atoms with Gasteiger partial charge in [-0.2, -0.15) is 5.26 Å². The van der Waals surface area contributed by atoms with Gasteiger partial charge < -0.3 is 15.0 Å². The molecule has 0 aliphatic rings. The van der Waals surface area contributed by atoms with Gasteiger partial charge in [-0.1, -0.05) is 35.9 Å². The number of anilines is 2. The van der Waals surface area contributed by atoms with Crippen LogP contribution in [0, 0.1) is 11.3 Å². The summed E-state index contributed by atoms with van der Waals surface area (Å²) < 4.78 is 5.23. The zero-order valence-corrected chi connectivity index (χ0v) is 21.4. The first-order chi connectivity index (χ1) is 16.9. The molecule has 0 spiro atoms. The van der Waals surface area contributed by atoms with E-state index in [1.54, 1.807) is 36.6 Å². The highest BCUT2D eigenvalue weighted by atomic mass is 35.5. The molecule has 3 rings (SSSR count). The van der Waals surface area contributed by atoms with Crippen LogP contribution in [0.25, 0.3) is 17.2 Å². The number of hydrogen-bond acceptors (Lipinski definition) is 6. The summed E-state index contributed by atoms with van der Waals surface area (Å²) in [6.07, 6.45) is 1.53. The van der Waals surface area contributed by atoms with Crippen LogP contribution in [0.1, 0.15) is 36.7 Å². The van der Waals surface area contributed by atoms with Gasteiger partial charge in [-0.05, 0) is 62.2 Å². The number of halogens is 1. The number of ether oxygens (including phenoxy) is 1. The maximum Gasteiger partial charge on any atom is 0.341 e. The minimum Gasteiger partial charge on any atom is -0.462 e. The summed E-state index contributed by atoms with van der Waals surface area (Å²) in [4.78, 5) is 27.9. The molecule has 0 atom stereocenters. The third kappa shape index (κ3) is 6.30. The topological polar surface area (TPSA) is 82.4 Å². The largest absolute Gasteiger partial charge is 0.462 e. The van der Waals surface area contributed by atoms with Gasteiger partial charge in [0.15, 0.2) is 0 Å². The van der Waals surface area contributed by atoms with Crippen molar-refractivity contribution in [2.24, 2.45) is 0 Å². The third-order valence-corrected chi connectivity index (χ3v) is 6.50. The number of esters is 1. The molecule has 0 aliphatic heterocycles. The molecule has 0 radical (unpaired) electrons. The Morgan fingerprint density at radius 1 is 1.09 bits per heavy atom. The summed E-state index contributed by atoms with van der Waals surface area (Å²) >= 11 is 7.19. The molecule has 8 heteroatoms. The Labute approximate surface area is 214 Å². The number of thiophene rings is 1. The van der Waals surface area contributed by atoms with Crippen LogP contribution in [0.3, 0.4) is 0 Å². The van der Waals surface area contributed by atoms with Gasteiger partial charge in [0, 0.05) is 34.7 Å². The highest BCUT2D eigenvalue weighted by molar-refractivity contribution is 7.15. The number of carbonyl (C=O) groups excluding carboxylic acids is 2. The van der Waals surface area contributed by atoms with Crippen molar-refractivity contribution >= 4 is 51.6 Å². The first kappa shape index (κ1) is 26.0. The lowest BCUT2D eigenvalue weighted by molar-refractivity contribution is -0.112. The monoisotopic (exact) mass is 507 g/mol. The van der Waals surface area contributed by atoms with Crippen molar-refractivity contribution in [3.63, 3.8) is 0 Å². The maximum atomic E-state index is 13.0.